The maximum atomic E-state index is 11.6. The maximum absolute atomic E-state index is 11.6. The Morgan fingerprint density at radius 1 is 1.47 bits per heavy atom. The van der Waals surface area contributed by atoms with Gasteiger partial charge in [0.05, 0.1) is 6.10 Å². The molecule has 0 radical (unpaired) electrons. The van der Waals surface area contributed by atoms with Crippen LogP contribution in [0.3, 0.4) is 0 Å². The average Bonchev–Trinajstić information content (AvgIpc) is 2.91. The molecule has 104 valence electrons. The maximum Gasteiger partial charge on any atom is 0.325 e. The predicted octanol–water partition coefficient (Wildman–Crippen LogP) is 2.31. The number of nitrogens with zero attached hydrogens (tertiary/aromatic N) is 1. The molecule has 2 rings (SSSR count). The normalized spacial score (nSPS) is 20.6. The topological polar surface area (TPSA) is 49.8 Å². The van der Waals surface area contributed by atoms with E-state index in [0.717, 1.165) is 25.0 Å². The number of rotatable bonds is 6. The second kappa shape index (κ2) is 6.68. The van der Waals surface area contributed by atoms with E-state index in [1.165, 1.54) is 0 Å². The van der Waals surface area contributed by atoms with Gasteiger partial charge in [-0.25, -0.2) is 0 Å². The highest BCUT2D eigenvalue weighted by atomic mass is 16.5. The van der Waals surface area contributed by atoms with Gasteiger partial charge in [-0.2, -0.15) is 0 Å². The molecule has 2 unspecified atom stereocenters. The highest BCUT2D eigenvalue weighted by molar-refractivity contribution is 5.75. The number of likely N-dealkylation sites (N-methyl/N-ethyl adjacent to an activating group) is 1. The van der Waals surface area contributed by atoms with Crippen molar-refractivity contribution in [3.05, 3.63) is 35.9 Å². The van der Waals surface area contributed by atoms with Gasteiger partial charge in [0.15, 0.2) is 0 Å². The van der Waals surface area contributed by atoms with Gasteiger partial charge in [-0.3, -0.25) is 9.69 Å². The molecule has 1 fully saturated rings. The van der Waals surface area contributed by atoms with E-state index in [0.29, 0.717) is 13.1 Å². The molecule has 0 saturated carbocycles. The Bertz CT molecular complexity index is 401. The van der Waals surface area contributed by atoms with Crippen LogP contribution >= 0.6 is 0 Å². The van der Waals surface area contributed by atoms with Crippen molar-refractivity contribution in [3.63, 3.8) is 0 Å². The molecule has 0 spiro atoms. The van der Waals surface area contributed by atoms with Crippen LogP contribution in [-0.2, 0) is 9.53 Å². The Balaban J connectivity index is 2.13. The van der Waals surface area contributed by atoms with E-state index in [-0.39, 0.29) is 6.10 Å². The fourth-order valence-corrected chi connectivity index (χ4v) is 2.61. The van der Waals surface area contributed by atoms with Gasteiger partial charge in [0.2, 0.25) is 0 Å². The quantitative estimate of drug-likeness (QED) is 0.855. The van der Waals surface area contributed by atoms with Crippen LogP contribution in [0.15, 0.2) is 30.3 Å². The van der Waals surface area contributed by atoms with Gasteiger partial charge < -0.3 is 9.84 Å². The number of carbonyl (C=O) groups is 1. The van der Waals surface area contributed by atoms with Crippen molar-refractivity contribution in [1.29, 1.82) is 0 Å². The van der Waals surface area contributed by atoms with Crippen molar-refractivity contribution in [3.8, 4) is 0 Å². The smallest absolute Gasteiger partial charge is 0.325 e. The molecule has 1 heterocycles. The molecular weight excluding hydrogens is 242 g/mol. The van der Waals surface area contributed by atoms with E-state index in [1.807, 2.05) is 42.2 Å². The third-order valence-corrected chi connectivity index (χ3v) is 3.58. The molecule has 1 aliphatic heterocycles. The molecule has 4 heteroatoms. The fourth-order valence-electron chi connectivity index (χ4n) is 2.61. The number of carboxylic acids is 1. The lowest BCUT2D eigenvalue weighted by Crippen LogP contribution is -2.39. The Kier molecular flexibility index (Phi) is 4.93. The zero-order chi connectivity index (χ0) is 13.7. The molecule has 1 aromatic rings. The molecule has 1 saturated heterocycles. The third-order valence-electron chi connectivity index (χ3n) is 3.58. The Morgan fingerprint density at radius 2 is 2.21 bits per heavy atom. The first kappa shape index (κ1) is 14.0. The summed E-state index contributed by atoms with van der Waals surface area (Å²) in [4.78, 5) is 13.6. The Morgan fingerprint density at radius 3 is 2.74 bits per heavy atom. The first-order valence-corrected chi connectivity index (χ1v) is 6.85. The molecular formula is C15H21NO3. The molecule has 0 aliphatic carbocycles. The minimum atomic E-state index is -0.800. The van der Waals surface area contributed by atoms with Crippen molar-refractivity contribution >= 4 is 5.97 Å². The summed E-state index contributed by atoms with van der Waals surface area (Å²) in [5, 5.41) is 9.52. The van der Waals surface area contributed by atoms with E-state index in [1.54, 1.807) is 0 Å². The molecule has 0 bridgehead atoms. The van der Waals surface area contributed by atoms with Gasteiger partial charge in [-0.1, -0.05) is 37.3 Å². The largest absolute Gasteiger partial charge is 0.480 e. The zero-order valence-corrected chi connectivity index (χ0v) is 11.3. The number of carboxylic acid groups (broad SMARTS) is 1. The summed E-state index contributed by atoms with van der Waals surface area (Å²) in [6.45, 7) is 4.17. The van der Waals surface area contributed by atoms with Gasteiger partial charge in [-0.15, -0.1) is 0 Å². The van der Waals surface area contributed by atoms with E-state index < -0.39 is 12.0 Å². The second-order valence-electron chi connectivity index (χ2n) is 4.87. The van der Waals surface area contributed by atoms with Crippen LogP contribution in [0, 0.1) is 0 Å². The fraction of sp³-hybridized carbons (Fsp3) is 0.533. The van der Waals surface area contributed by atoms with Crippen LogP contribution in [0.5, 0.6) is 0 Å². The summed E-state index contributed by atoms with van der Waals surface area (Å²) in [6.07, 6.45) is 2.27. The van der Waals surface area contributed by atoms with Crippen LogP contribution in [0.1, 0.15) is 31.4 Å². The minimum Gasteiger partial charge on any atom is -0.480 e. The Labute approximate surface area is 114 Å². The first-order valence-electron chi connectivity index (χ1n) is 6.85. The van der Waals surface area contributed by atoms with Crippen molar-refractivity contribution < 1.29 is 14.6 Å². The lowest BCUT2D eigenvalue weighted by atomic mass is 10.0. The summed E-state index contributed by atoms with van der Waals surface area (Å²) in [7, 11) is 0. The number of aliphatic carboxylic acids is 1. The number of hydrogen-bond donors (Lipinski definition) is 1. The van der Waals surface area contributed by atoms with Crippen molar-refractivity contribution in [1.82, 2.24) is 4.90 Å². The molecule has 1 N–H and O–H groups in total. The minimum absolute atomic E-state index is 0.172. The molecule has 2 atom stereocenters. The van der Waals surface area contributed by atoms with Crippen LogP contribution in [-0.4, -0.2) is 41.8 Å². The van der Waals surface area contributed by atoms with Crippen molar-refractivity contribution in [2.24, 2.45) is 0 Å². The molecule has 1 aliphatic rings. The van der Waals surface area contributed by atoms with Gasteiger partial charge in [0.1, 0.15) is 6.04 Å². The van der Waals surface area contributed by atoms with Crippen LogP contribution in [0.25, 0.3) is 0 Å². The highest BCUT2D eigenvalue weighted by Crippen LogP contribution is 2.23. The number of benzene rings is 1. The SMILES string of the molecule is CCN(CC1CCCO1)C(C(=O)O)c1ccccc1. The molecule has 1 aromatic carbocycles. The third kappa shape index (κ3) is 3.55. The summed E-state index contributed by atoms with van der Waals surface area (Å²) in [5.74, 6) is -0.800. The average molecular weight is 263 g/mol. The zero-order valence-electron chi connectivity index (χ0n) is 11.3. The molecule has 19 heavy (non-hydrogen) atoms. The Hall–Kier alpha value is -1.39. The van der Waals surface area contributed by atoms with Gasteiger partial charge in [-0.05, 0) is 24.9 Å². The second-order valence-corrected chi connectivity index (χ2v) is 4.87. The lowest BCUT2D eigenvalue weighted by Gasteiger charge is -2.29. The van der Waals surface area contributed by atoms with Crippen LogP contribution < -0.4 is 0 Å². The van der Waals surface area contributed by atoms with Crippen molar-refractivity contribution in [2.75, 3.05) is 19.7 Å². The van der Waals surface area contributed by atoms with Crippen molar-refractivity contribution in [2.45, 2.75) is 31.9 Å². The molecule has 0 aromatic heterocycles. The molecule has 0 amide bonds. The van der Waals surface area contributed by atoms with Gasteiger partial charge in [0, 0.05) is 13.2 Å². The number of hydrogen-bond acceptors (Lipinski definition) is 3. The molecule has 4 nitrogen and oxygen atoms in total. The van der Waals surface area contributed by atoms with E-state index in [9.17, 15) is 9.90 Å². The monoisotopic (exact) mass is 263 g/mol. The summed E-state index contributed by atoms with van der Waals surface area (Å²) >= 11 is 0. The summed E-state index contributed by atoms with van der Waals surface area (Å²) in [5.41, 5.74) is 0.829. The predicted molar refractivity (Wildman–Crippen MR) is 73.0 cm³/mol. The van der Waals surface area contributed by atoms with Gasteiger partial charge >= 0.3 is 5.97 Å². The number of ether oxygens (including phenoxy) is 1. The van der Waals surface area contributed by atoms with Crippen LogP contribution in [0.4, 0.5) is 0 Å². The highest BCUT2D eigenvalue weighted by Gasteiger charge is 2.29. The van der Waals surface area contributed by atoms with E-state index in [2.05, 4.69) is 0 Å². The van der Waals surface area contributed by atoms with E-state index >= 15 is 0 Å². The summed E-state index contributed by atoms with van der Waals surface area (Å²) in [6, 6.07) is 8.82. The summed E-state index contributed by atoms with van der Waals surface area (Å²) < 4.78 is 5.62. The first-order chi connectivity index (χ1) is 9.22. The van der Waals surface area contributed by atoms with E-state index in [4.69, 9.17) is 4.74 Å². The van der Waals surface area contributed by atoms with Crippen LogP contribution in [0.2, 0.25) is 0 Å². The standard InChI is InChI=1S/C15H21NO3/c1-2-16(11-13-9-6-10-19-13)14(15(17)18)12-7-4-3-5-8-12/h3-5,7-8,13-14H,2,6,9-11H2,1H3,(H,17,18). The van der Waals surface area contributed by atoms with Gasteiger partial charge in [0.25, 0.3) is 0 Å². The lowest BCUT2D eigenvalue weighted by molar-refractivity contribution is -0.144.